The molecular weight excluding hydrogens is 466 g/mol. The predicted octanol–water partition coefficient (Wildman–Crippen LogP) is 5.00. The number of methoxy groups -OCH3 is 1. The van der Waals surface area contributed by atoms with E-state index < -0.39 is 15.8 Å². The number of hydrogen-bond donors (Lipinski definition) is 1. The van der Waals surface area contributed by atoms with Gasteiger partial charge in [-0.25, -0.2) is 13.2 Å². The molecule has 0 aliphatic carbocycles. The summed E-state index contributed by atoms with van der Waals surface area (Å²) in [6.07, 6.45) is 0. The Morgan fingerprint density at radius 2 is 1.34 bits per heavy atom. The number of nitrogens with one attached hydrogen (secondary N) is 1. The number of hydrogen-bond acceptors (Lipinski definition) is 6. The summed E-state index contributed by atoms with van der Waals surface area (Å²) in [4.78, 5) is 25.4. The first-order valence-corrected chi connectivity index (χ1v) is 12.0. The van der Waals surface area contributed by atoms with Crippen LogP contribution < -0.4 is 14.8 Å². The summed E-state index contributed by atoms with van der Waals surface area (Å²) >= 11 is 0. The van der Waals surface area contributed by atoms with Gasteiger partial charge in [0.1, 0.15) is 11.5 Å². The van der Waals surface area contributed by atoms with Gasteiger partial charge in [0.25, 0.3) is 5.91 Å². The fourth-order valence-corrected chi connectivity index (χ4v) is 4.56. The van der Waals surface area contributed by atoms with Gasteiger partial charge in [0.05, 0.1) is 22.5 Å². The third kappa shape index (κ3) is 5.56. The minimum atomic E-state index is -3.69. The Balaban J connectivity index is 1.45. The summed E-state index contributed by atoms with van der Waals surface area (Å²) in [6, 6.07) is 26.7. The van der Waals surface area contributed by atoms with E-state index in [1.54, 1.807) is 60.7 Å². The van der Waals surface area contributed by atoms with Gasteiger partial charge in [0.15, 0.2) is 0 Å². The number of carbonyl (C=O) groups excluding carboxylic acids is 2. The first-order valence-electron chi connectivity index (χ1n) is 10.5. The van der Waals surface area contributed by atoms with Gasteiger partial charge in [-0.3, -0.25) is 4.79 Å². The Kier molecular flexibility index (Phi) is 6.93. The maximum Gasteiger partial charge on any atom is 0.343 e. The van der Waals surface area contributed by atoms with Crippen molar-refractivity contribution in [2.75, 3.05) is 12.4 Å². The number of anilines is 1. The summed E-state index contributed by atoms with van der Waals surface area (Å²) in [5.41, 5.74) is 1.03. The number of amides is 1. The van der Waals surface area contributed by atoms with E-state index in [1.165, 1.54) is 49.6 Å². The molecule has 7 nitrogen and oxygen atoms in total. The molecular formula is C27H21NO6S. The third-order valence-electron chi connectivity index (χ3n) is 5.09. The largest absolute Gasteiger partial charge is 0.497 e. The zero-order chi connectivity index (χ0) is 24.8. The normalized spacial score (nSPS) is 10.9. The first kappa shape index (κ1) is 23.7. The highest BCUT2D eigenvalue weighted by Gasteiger charge is 2.18. The maximum absolute atomic E-state index is 12.7. The lowest BCUT2D eigenvalue weighted by Gasteiger charge is -2.09. The first-order chi connectivity index (χ1) is 16.9. The molecule has 0 fully saturated rings. The van der Waals surface area contributed by atoms with E-state index in [-0.39, 0.29) is 27.0 Å². The zero-order valence-electron chi connectivity index (χ0n) is 18.7. The van der Waals surface area contributed by atoms with Gasteiger partial charge in [-0.15, -0.1) is 0 Å². The summed E-state index contributed by atoms with van der Waals surface area (Å²) in [6.45, 7) is 0. The Hall–Kier alpha value is -4.43. The molecule has 0 aliphatic heterocycles. The smallest absolute Gasteiger partial charge is 0.343 e. The minimum absolute atomic E-state index is 0.0718. The van der Waals surface area contributed by atoms with Crippen LogP contribution in [-0.4, -0.2) is 27.4 Å². The lowest BCUT2D eigenvalue weighted by Crippen LogP contribution is -2.13. The standard InChI is InChI=1S/C27H21NO6S/c1-33-22-9-5-7-20(17-22)26(29)28-21-8-6-10-23(18-21)34-27(30)19-13-15-25(16-14-19)35(31,32)24-11-3-2-4-12-24/h2-18H,1H3,(H,28,29). The highest BCUT2D eigenvalue weighted by molar-refractivity contribution is 7.91. The average molecular weight is 488 g/mol. The highest BCUT2D eigenvalue weighted by atomic mass is 32.2. The number of carbonyl (C=O) groups is 2. The Morgan fingerprint density at radius 3 is 2.06 bits per heavy atom. The molecule has 8 heteroatoms. The van der Waals surface area contributed by atoms with Crippen LogP contribution in [0.4, 0.5) is 5.69 Å². The summed E-state index contributed by atoms with van der Waals surface area (Å²) in [5.74, 6) is -0.227. The monoisotopic (exact) mass is 487 g/mol. The molecule has 0 aromatic heterocycles. The molecule has 0 aliphatic rings. The molecule has 0 bridgehead atoms. The Bertz CT molecular complexity index is 1470. The van der Waals surface area contributed by atoms with E-state index in [0.29, 0.717) is 17.0 Å². The zero-order valence-corrected chi connectivity index (χ0v) is 19.5. The molecule has 4 aromatic carbocycles. The van der Waals surface area contributed by atoms with Gasteiger partial charge in [-0.2, -0.15) is 0 Å². The van der Waals surface area contributed by atoms with Gasteiger partial charge < -0.3 is 14.8 Å². The third-order valence-corrected chi connectivity index (χ3v) is 6.87. The van der Waals surface area contributed by atoms with Crippen LogP contribution in [0.5, 0.6) is 11.5 Å². The van der Waals surface area contributed by atoms with Gasteiger partial charge in [-0.1, -0.05) is 30.3 Å². The van der Waals surface area contributed by atoms with Crippen molar-refractivity contribution in [1.82, 2.24) is 0 Å². The van der Waals surface area contributed by atoms with Gasteiger partial charge in [-0.05, 0) is 66.7 Å². The fraction of sp³-hybridized carbons (Fsp3) is 0.0370. The van der Waals surface area contributed by atoms with Crippen molar-refractivity contribution in [1.29, 1.82) is 0 Å². The topological polar surface area (TPSA) is 98.8 Å². The van der Waals surface area contributed by atoms with Crippen molar-refractivity contribution in [2.24, 2.45) is 0 Å². The van der Waals surface area contributed by atoms with Crippen LogP contribution in [0, 0.1) is 0 Å². The van der Waals surface area contributed by atoms with Crippen molar-refractivity contribution in [3.63, 3.8) is 0 Å². The molecule has 4 aromatic rings. The maximum atomic E-state index is 12.7. The summed E-state index contributed by atoms with van der Waals surface area (Å²) in [5, 5.41) is 2.75. The molecule has 0 unspecified atom stereocenters. The SMILES string of the molecule is COc1cccc(C(=O)Nc2cccc(OC(=O)c3ccc(S(=O)(=O)c4ccccc4)cc3)c2)c1. The van der Waals surface area contributed by atoms with Crippen molar-refractivity contribution in [2.45, 2.75) is 9.79 Å². The second-order valence-electron chi connectivity index (χ2n) is 7.44. The van der Waals surface area contributed by atoms with Crippen molar-refractivity contribution < 1.29 is 27.5 Å². The van der Waals surface area contributed by atoms with Crippen LogP contribution in [0.2, 0.25) is 0 Å². The molecule has 0 saturated heterocycles. The molecule has 176 valence electrons. The molecule has 1 amide bonds. The average Bonchev–Trinajstić information content (AvgIpc) is 2.89. The van der Waals surface area contributed by atoms with Crippen LogP contribution in [0.25, 0.3) is 0 Å². The Morgan fingerprint density at radius 1 is 0.686 bits per heavy atom. The van der Waals surface area contributed by atoms with Gasteiger partial charge in [0.2, 0.25) is 9.84 Å². The van der Waals surface area contributed by atoms with Crippen LogP contribution in [-0.2, 0) is 9.84 Å². The number of sulfone groups is 1. The molecule has 1 N–H and O–H groups in total. The van der Waals surface area contributed by atoms with E-state index in [0.717, 1.165) is 0 Å². The molecule has 0 saturated carbocycles. The van der Waals surface area contributed by atoms with Gasteiger partial charge in [0, 0.05) is 17.3 Å². The van der Waals surface area contributed by atoms with Crippen molar-refractivity contribution in [3.05, 3.63) is 114 Å². The van der Waals surface area contributed by atoms with Crippen LogP contribution in [0.3, 0.4) is 0 Å². The van der Waals surface area contributed by atoms with Crippen LogP contribution in [0.1, 0.15) is 20.7 Å². The molecule has 0 spiro atoms. The van der Waals surface area contributed by atoms with E-state index in [9.17, 15) is 18.0 Å². The number of esters is 1. The van der Waals surface area contributed by atoms with Crippen LogP contribution >= 0.6 is 0 Å². The van der Waals surface area contributed by atoms with E-state index in [2.05, 4.69) is 5.32 Å². The summed E-state index contributed by atoms with van der Waals surface area (Å²) in [7, 11) is -2.17. The van der Waals surface area contributed by atoms with E-state index in [4.69, 9.17) is 9.47 Å². The molecule has 0 radical (unpaired) electrons. The summed E-state index contributed by atoms with van der Waals surface area (Å²) < 4.78 is 36.0. The quantitative estimate of drug-likeness (QED) is 0.291. The number of benzene rings is 4. The highest BCUT2D eigenvalue weighted by Crippen LogP contribution is 2.23. The molecule has 35 heavy (non-hydrogen) atoms. The predicted molar refractivity (Wildman–Crippen MR) is 131 cm³/mol. The lowest BCUT2D eigenvalue weighted by molar-refractivity contribution is 0.0734. The number of rotatable bonds is 7. The van der Waals surface area contributed by atoms with Crippen LogP contribution in [0.15, 0.2) is 113 Å². The molecule has 0 heterocycles. The molecule has 4 rings (SSSR count). The lowest BCUT2D eigenvalue weighted by atomic mass is 10.2. The number of ether oxygens (including phenoxy) is 2. The van der Waals surface area contributed by atoms with E-state index >= 15 is 0 Å². The second-order valence-corrected chi connectivity index (χ2v) is 9.39. The Labute approximate surface area is 202 Å². The van der Waals surface area contributed by atoms with Gasteiger partial charge >= 0.3 is 5.97 Å². The minimum Gasteiger partial charge on any atom is -0.497 e. The van der Waals surface area contributed by atoms with Crippen molar-refractivity contribution in [3.8, 4) is 11.5 Å². The van der Waals surface area contributed by atoms with E-state index in [1.807, 2.05) is 0 Å². The second kappa shape index (κ2) is 10.2. The molecule has 0 atom stereocenters. The van der Waals surface area contributed by atoms with Crippen molar-refractivity contribution >= 4 is 27.4 Å². The fourth-order valence-electron chi connectivity index (χ4n) is 3.28.